The van der Waals surface area contributed by atoms with Crippen molar-refractivity contribution in [3.8, 4) is 11.3 Å². The molecule has 0 spiro atoms. The normalized spacial score (nSPS) is 10.9. The van der Waals surface area contributed by atoms with Crippen molar-refractivity contribution in [2.24, 2.45) is 7.05 Å². The van der Waals surface area contributed by atoms with E-state index in [0.29, 0.717) is 0 Å². The molecule has 1 heterocycles. The molecule has 0 aliphatic carbocycles. The summed E-state index contributed by atoms with van der Waals surface area (Å²) in [4.78, 5) is 4.76. The van der Waals surface area contributed by atoms with Crippen molar-refractivity contribution in [3.63, 3.8) is 0 Å². The number of nitrogens with zero attached hydrogens (tertiary/aromatic N) is 2. The van der Waals surface area contributed by atoms with Crippen molar-refractivity contribution in [2.75, 3.05) is 7.05 Å². The minimum atomic E-state index is 0.794. The molecule has 3 heteroatoms. The third kappa shape index (κ3) is 2.18. The maximum Gasteiger partial charge on any atom is 0.123 e. The third-order valence-electron chi connectivity index (χ3n) is 3.45. The SMILES string of the molecule is CNCc1nc(-c2ccc(C)cc2C)c(C)n1C. The van der Waals surface area contributed by atoms with Crippen molar-refractivity contribution >= 4 is 0 Å². The molecule has 0 aliphatic heterocycles. The molecule has 0 unspecified atom stereocenters. The van der Waals surface area contributed by atoms with E-state index in [-0.39, 0.29) is 0 Å². The van der Waals surface area contributed by atoms with Crippen LogP contribution in [0.4, 0.5) is 0 Å². The fraction of sp³-hybridized carbons (Fsp3) is 0.400. The molecule has 0 bridgehead atoms. The van der Waals surface area contributed by atoms with E-state index in [4.69, 9.17) is 4.98 Å². The fourth-order valence-electron chi connectivity index (χ4n) is 2.29. The molecule has 1 aromatic heterocycles. The van der Waals surface area contributed by atoms with Gasteiger partial charge in [-0.05, 0) is 33.4 Å². The number of hydrogen-bond donors (Lipinski definition) is 1. The molecule has 0 radical (unpaired) electrons. The number of aromatic nitrogens is 2. The fourth-order valence-corrected chi connectivity index (χ4v) is 2.29. The molecule has 0 fully saturated rings. The summed E-state index contributed by atoms with van der Waals surface area (Å²) in [5, 5.41) is 3.16. The van der Waals surface area contributed by atoms with Crippen LogP contribution in [-0.2, 0) is 13.6 Å². The summed E-state index contributed by atoms with van der Waals surface area (Å²) in [6.07, 6.45) is 0. The average molecular weight is 243 g/mol. The van der Waals surface area contributed by atoms with Crippen LogP contribution < -0.4 is 5.32 Å². The van der Waals surface area contributed by atoms with Gasteiger partial charge in [0.25, 0.3) is 0 Å². The lowest BCUT2D eigenvalue weighted by Gasteiger charge is -2.05. The van der Waals surface area contributed by atoms with Crippen LogP contribution >= 0.6 is 0 Å². The molecule has 0 saturated heterocycles. The summed E-state index contributed by atoms with van der Waals surface area (Å²) in [7, 11) is 4.02. The lowest BCUT2D eigenvalue weighted by Crippen LogP contribution is -2.10. The van der Waals surface area contributed by atoms with Crippen LogP contribution in [0.3, 0.4) is 0 Å². The van der Waals surface area contributed by atoms with Crippen molar-refractivity contribution in [2.45, 2.75) is 27.3 Å². The summed E-state index contributed by atoms with van der Waals surface area (Å²) in [5.74, 6) is 1.07. The quantitative estimate of drug-likeness (QED) is 0.898. The Hall–Kier alpha value is -1.61. The van der Waals surface area contributed by atoms with Crippen LogP contribution in [0.15, 0.2) is 18.2 Å². The van der Waals surface area contributed by atoms with Gasteiger partial charge in [0.05, 0.1) is 12.2 Å². The number of rotatable bonds is 3. The highest BCUT2D eigenvalue weighted by molar-refractivity contribution is 5.66. The van der Waals surface area contributed by atoms with E-state index in [1.165, 1.54) is 22.4 Å². The maximum absolute atomic E-state index is 4.76. The molecule has 2 aromatic rings. The van der Waals surface area contributed by atoms with E-state index >= 15 is 0 Å². The molecule has 0 amide bonds. The highest BCUT2D eigenvalue weighted by atomic mass is 15.1. The zero-order chi connectivity index (χ0) is 13.3. The van der Waals surface area contributed by atoms with Gasteiger partial charge in [0, 0.05) is 18.3 Å². The Labute approximate surface area is 109 Å². The number of benzene rings is 1. The van der Waals surface area contributed by atoms with Gasteiger partial charge in [-0.15, -0.1) is 0 Å². The summed E-state index contributed by atoms with van der Waals surface area (Å²) in [5.41, 5.74) is 6.12. The predicted octanol–water partition coefficient (Wildman–Crippen LogP) is 2.73. The van der Waals surface area contributed by atoms with Gasteiger partial charge in [-0.1, -0.05) is 23.8 Å². The summed E-state index contributed by atoms with van der Waals surface area (Å²) >= 11 is 0. The number of imidazole rings is 1. The second-order valence-electron chi connectivity index (χ2n) is 4.87. The van der Waals surface area contributed by atoms with Gasteiger partial charge >= 0.3 is 0 Å². The molecule has 3 nitrogen and oxygen atoms in total. The maximum atomic E-state index is 4.76. The minimum absolute atomic E-state index is 0.794. The first-order chi connectivity index (χ1) is 8.54. The smallest absolute Gasteiger partial charge is 0.123 e. The van der Waals surface area contributed by atoms with Gasteiger partial charge < -0.3 is 9.88 Å². The van der Waals surface area contributed by atoms with Gasteiger partial charge in [-0.2, -0.15) is 0 Å². The molecule has 18 heavy (non-hydrogen) atoms. The first-order valence-corrected chi connectivity index (χ1v) is 6.29. The summed E-state index contributed by atoms with van der Waals surface area (Å²) in [6, 6.07) is 6.53. The minimum Gasteiger partial charge on any atom is -0.334 e. The van der Waals surface area contributed by atoms with Gasteiger partial charge in [0.2, 0.25) is 0 Å². The highest BCUT2D eigenvalue weighted by Gasteiger charge is 2.13. The molecule has 0 atom stereocenters. The second kappa shape index (κ2) is 4.94. The van der Waals surface area contributed by atoms with Crippen molar-refractivity contribution in [1.82, 2.24) is 14.9 Å². The average Bonchev–Trinajstić information content (AvgIpc) is 2.58. The number of nitrogens with one attached hydrogen (secondary N) is 1. The zero-order valence-corrected chi connectivity index (χ0v) is 11.8. The Morgan fingerprint density at radius 2 is 1.94 bits per heavy atom. The lowest BCUT2D eigenvalue weighted by molar-refractivity contribution is 0.701. The Kier molecular flexibility index (Phi) is 3.53. The first-order valence-electron chi connectivity index (χ1n) is 6.29. The Morgan fingerprint density at radius 1 is 1.22 bits per heavy atom. The van der Waals surface area contributed by atoms with E-state index in [1.807, 2.05) is 7.05 Å². The summed E-state index contributed by atoms with van der Waals surface area (Å²) < 4.78 is 2.16. The Morgan fingerprint density at radius 3 is 2.56 bits per heavy atom. The second-order valence-corrected chi connectivity index (χ2v) is 4.87. The van der Waals surface area contributed by atoms with E-state index in [9.17, 15) is 0 Å². The van der Waals surface area contributed by atoms with E-state index < -0.39 is 0 Å². The molecule has 0 saturated carbocycles. The number of hydrogen-bond acceptors (Lipinski definition) is 2. The first kappa shape index (κ1) is 12.8. The molecular formula is C15H21N3. The van der Waals surface area contributed by atoms with Crippen LogP contribution in [0.5, 0.6) is 0 Å². The van der Waals surface area contributed by atoms with Gasteiger partial charge in [-0.25, -0.2) is 4.98 Å². The monoisotopic (exact) mass is 243 g/mol. The van der Waals surface area contributed by atoms with Crippen LogP contribution in [0.25, 0.3) is 11.3 Å². The molecular weight excluding hydrogens is 222 g/mol. The van der Waals surface area contributed by atoms with Gasteiger partial charge in [0.1, 0.15) is 5.82 Å². The Bertz CT molecular complexity index is 567. The van der Waals surface area contributed by atoms with Gasteiger partial charge in [0.15, 0.2) is 0 Å². The van der Waals surface area contributed by atoms with Crippen LogP contribution in [0.2, 0.25) is 0 Å². The van der Waals surface area contributed by atoms with Crippen LogP contribution in [0.1, 0.15) is 22.6 Å². The highest BCUT2D eigenvalue weighted by Crippen LogP contribution is 2.26. The largest absolute Gasteiger partial charge is 0.334 e. The topological polar surface area (TPSA) is 29.9 Å². The molecule has 96 valence electrons. The van der Waals surface area contributed by atoms with E-state index in [1.54, 1.807) is 0 Å². The predicted molar refractivity (Wildman–Crippen MR) is 75.6 cm³/mol. The van der Waals surface area contributed by atoms with Crippen molar-refractivity contribution in [3.05, 3.63) is 40.8 Å². The number of aryl methyl sites for hydroxylation is 2. The van der Waals surface area contributed by atoms with Crippen LogP contribution in [0, 0.1) is 20.8 Å². The lowest BCUT2D eigenvalue weighted by atomic mass is 10.0. The van der Waals surface area contributed by atoms with Crippen LogP contribution in [-0.4, -0.2) is 16.6 Å². The molecule has 1 aromatic carbocycles. The van der Waals surface area contributed by atoms with E-state index in [0.717, 1.165) is 18.1 Å². The molecule has 0 aliphatic rings. The van der Waals surface area contributed by atoms with E-state index in [2.05, 4.69) is 55.9 Å². The zero-order valence-electron chi connectivity index (χ0n) is 11.8. The molecule has 2 rings (SSSR count). The Balaban J connectivity index is 2.53. The van der Waals surface area contributed by atoms with Gasteiger partial charge in [-0.3, -0.25) is 0 Å². The van der Waals surface area contributed by atoms with Crippen molar-refractivity contribution < 1.29 is 0 Å². The molecule has 1 N–H and O–H groups in total. The third-order valence-corrected chi connectivity index (χ3v) is 3.45. The summed E-state index contributed by atoms with van der Waals surface area (Å²) in [6.45, 7) is 7.19. The standard InChI is InChI=1S/C15H21N3/c1-10-6-7-13(11(2)8-10)15-12(3)18(5)14(17-15)9-16-4/h6-8,16H,9H2,1-5H3. The van der Waals surface area contributed by atoms with Crippen molar-refractivity contribution in [1.29, 1.82) is 0 Å².